The van der Waals surface area contributed by atoms with Crippen molar-refractivity contribution < 1.29 is 18.7 Å². The Bertz CT molecular complexity index is 569. The number of carboxylic acid groups (broad SMARTS) is 1. The molecule has 0 amide bonds. The number of hydrogen-bond acceptors (Lipinski definition) is 3. The number of nitrogens with zero attached hydrogens (tertiary/aromatic N) is 3. The molecule has 18 heavy (non-hydrogen) atoms. The molecular formula is C11H9F2N3O2. The van der Waals surface area contributed by atoms with Crippen LogP contribution in [0.15, 0.2) is 30.7 Å². The molecule has 0 saturated heterocycles. The SMILES string of the molecule is O=C(O)c1ncccc1-c1cnn(CC(F)F)c1. The lowest BCUT2D eigenvalue weighted by Gasteiger charge is -2.01. The van der Waals surface area contributed by atoms with Gasteiger partial charge in [0.1, 0.15) is 6.54 Å². The summed E-state index contributed by atoms with van der Waals surface area (Å²) in [4.78, 5) is 14.7. The van der Waals surface area contributed by atoms with Crippen molar-refractivity contribution in [1.82, 2.24) is 14.8 Å². The summed E-state index contributed by atoms with van der Waals surface area (Å²) in [6, 6.07) is 3.13. The molecule has 2 aromatic rings. The summed E-state index contributed by atoms with van der Waals surface area (Å²) in [6.07, 6.45) is 1.56. The van der Waals surface area contributed by atoms with Crippen LogP contribution in [0, 0.1) is 0 Å². The highest BCUT2D eigenvalue weighted by atomic mass is 19.3. The molecule has 2 heterocycles. The second-order valence-electron chi connectivity index (χ2n) is 3.55. The van der Waals surface area contributed by atoms with E-state index in [-0.39, 0.29) is 5.69 Å². The molecule has 2 rings (SSSR count). The van der Waals surface area contributed by atoms with Crippen molar-refractivity contribution in [3.05, 3.63) is 36.4 Å². The number of aromatic carboxylic acids is 1. The van der Waals surface area contributed by atoms with Crippen molar-refractivity contribution in [2.24, 2.45) is 0 Å². The van der Waals surface area contributed by atoms with Crippen LogP contribution in [0.25, 0.3) is 11.1 Å². The summed E-state index contributed by atoms with van der Waals surface area (Å²) in [5.41, 5.74) is 0.667. The Labute approximate surface area is 101 Å². The minimum Gasteiger partial charge on any atom is -0.476 e. The van der Waals surface area contributed by atoms with Gasteiger partial charge in [-0.1, -0.05) is 6.07 Å². The quantitative estimate of drug-likeness (QED) is 0.903. The Morgan fingerprint density at radius 1 is 1.50 bits per heavy atom. The third kappa shape index (κ3) is 2.50. The standard InChI is InChI=1S/C11H9F2N3O2/c12-9(13)6-16-5-7(4-15-16)8-2-1-3-14-10(8)11(17)18/h1-5,9H,6H2,(H,17,18). The fraction of sp³-hybridized carbons (Fsp3) is 0.182. The maximum atomic E-state index is 12.2. The summed E-state index contributed by atoms with van der Waals surface area (Å²) in [7, 11) is 0. The lowest BCUT2D eigenvalue weighted by Crippen LogP contribution is -2.06. The average Bonchev–Trinajstić information content (AvgIpc) is 2.76. The van der Waals surface area contributed by atoms with Crippen LogP contribution in [0.1, 0.15) is 10.5 Å². The molecule has 94 valence electrons. The summed E-state index contributed by atoms with van der Waals surface area (Å²) in [5, 5.41) is 12.7. The Hall–Kier alpha value is -2.31. The number of carboxylic acids is 1. The Morgan fingerprint density at radius 3 is 2.94 bits per heavy atom. The van der Waals surface area contributed by atoms with Crippen LogP contribution < -0.4 is 0 Å². The van der Waals surface area contributed by atoms with Crippen molar-refractivity contribution in [2.45, 2.75) is 13.0 Å². The van der Waals surface area contributed by atoms with E-state index >= 15 is 0 Å². The minimum absolute atomic E-state index is 0.130. The first-order valence-corrected chi connectivity index (χ1v) is 5.07. The average molecular weight is 253 g/mol. The first kappa shape index (κ1) is 12.2. The van der Waals surface area contributed by atoms with Crippen LogP contribution in [0.3, 0.4) is 0 Å². The Morgan fingerprint density at radius 2 is 2.28 bits per heavy atom. The van der Waals surface area contributed by atoms with E-state index in [1.807, 2.05) is 0 Å². The highest BCUT2D eigenvalue weighted by Gasteiger charge is 2.14. The Kier molecular flexibility index (Phi) is 3.31. The van der Waals surface area contributed by atoms with E-state index in [9.17, 15) is 13.6 Å². The summed E-state index contributed by atoms with van der Waals surface area (Å²) >= 11 is 0. The topological polar surface area (TPSA) is 68.0 Å². The van der Waals surface area contributed by atoms with Gasteiger partial charge in [0, 0.05) is 23.5 Å². The molecule has 0 unspecified atom stereocenters. The van der Waals surface area contributed by atoms with Crippen molar-refractivity contribution in [3.63, 3.8) is 0 Å². The predicted octanol–water partition coefficient (Wildman–Crippen LogP) is 1.91. The van der Waals surface area contributed by atoms with Gasteiger partial charge in [-0.3, -0.25) is 4.68 Å². The first-order valence-electron chi connectivity index (χ1n) is 5.07. The molecule has 5 nitrogen and oxygen atoms in total. The highest BCUT2D eigenvalue weighted by molar-refractivity contribution is 5.93. The second kappa shape index (κ2) is 4.91. The lowest BCUT2D eigenvalue weighted by atomic mass is 10.1. The van der Waals surface area contributed by atoms with Crippen LogP contribution in [-0.2, 0) is 6.54 Å². The fourth-order valence-corrected chi connectivity index (χ4v) is 1.55. The van der Waals surface area contributed by atoms with Crippen molar-refractivity contribution in [1.29, 1.82) is 0 Å². The molecule has 0 atom stereocenters. The third-order valence-electron chi connectivity index (χ3n) is 2.28. The largest absolute Gasteiger partial charge is 0.476 e. The molecule has 0 aliphatic rings. The van der Waals surface area contributed by atoms with Crippen LogP contribution in [-0.4, -0.2) is 32.3 Å². The van der Waals surface area contributed by atoms with E-state index in [4.69, 9.17) is 5.11 Å². The zero-order valence-electron chi connectivity index (χ0n) is 9.12. The molecular weight excluding hydrogens is 244 g/mol. The number of carbonyl (C=O) groups is 1. The van der Waals surface area contributed by atoms with E-state index in [2.05, 4.69) is 10.1 Å². The van der Waals surface area contributed by atoms with Gasteiger partial charge in [-0.05, 0) is 6.07 Å². The minimum atomic E-state index is -2.51. The number of pyridine rings is 1. The van der Waals surface area contributed by atoms with Gasteiger partial charge in [0.25, 0.3) is 6.43 Å². The van der Waals surface area contributed by atoms with E-state index in [1.54, 1.807) is 12.1 Å². The molecule has 0 aliphatic carbocycles. The molecule has 0 radical (unpaired) electrons. The van der Waals surface area contributed by atoms with Crippen molar-refractivity contribution in [2.75, 3.05) is 0 Å². The van der Waals surface area contributed by atoms with Gasteiger partial charge in [0.2, 0.25) is 0 Å². The molecule has 0 saturated carbocycles. The number of aromatic nitrogens is 3. The van der Waals surface area contributed by atoms with Crippen LogP contribution in [0.5, 0.6) is 0 Å². The Balaban J connectivity index is 2.37. The van der Waals surface area contributed by atoms with Gasteiger partial charge in [0.05, 0.1) is 6.20 Å². The molecule has 0 fully saturated rings. The van der Waals surface area contributed by atoms with Crippen molar-refractivity contribution in [3.8, 4) is 11.1 Å². The number of rotatable bonds is 4. The summed E-state index contributed by atoms with van der Waals surface area (Å²) in [5.74, 6) is -1.17. The summed E-state index contributed by atoms with van der Waals surface area (Å²) < 4.78 is 25.4. The molecule has 0 aromatic carbocycles. The molecule has 2 aromatic heterocycles. The highest BCUT2D eigenvalue weighted by Crippen LogP contribution is 2.21. The fourth-order valence-electron chi connectivity index (χ4n) is 1.55. The van der Waals surface area contributed by atoms with E-state index in [0.717, 1.165) is 4.68 Å². The van der Waals surface area contributed by atoms with Gasteiger partial charge < -0.3 is 5.11 Å². The normalized spacial score (nSPS) is 10.8. The van der Waals surface area contributed by atoms with Gasteiger partial charge in [-0.15, -0.1) is 0 Å². The molecule has 0 bridgehead atoms. The summed E-state index contributed by atoms with van der Waals surface area (Å²) in [6.45, 7) is -0.525. The molecule has 0 spiro atoms. The van der Waals surface area contributed by atoms with Gasteiger partial charge in [-0.25, -0.2) is 18.6 Å². The van der Waals surface area contributed by atoms with Gasteiger partial charge >= 0.3 is 5.97 Å². The van der Waals surface area contributed by atoms with Gasteiger partial charge in [-0.2, -0.15) is 5.10 Å². The second-order valence-corrected chi connectivity index (χ2v) is 3.55. The number of alkyl halides is 2. The predicted molar refractivity (Wildman–Crippen MR) is 58.4 cm³/mol. The maximum Gasteiger partial charge on any atom is 0.355 e. The zero-order valence-corrected chi connectivity index (χ0v) is 9.12. The van der Waals surface area contributed by atoms with E-state index < -0.39 is 18.9 Å². The van der Waals surface area contributed by atoms with Crippen LogP contribution >= 0.6 is 0 Å². The lowest BCUT2D eigenvalue weighted by molar-refractivity contribution is 0.0691. The monoisotopic (exact) mass is 253 g/mol. The molecule has 0 aliphatic heterocycles. The molecule has 7 heteroatoms. The van der Waals surface area contributed by atoms with Crippen molar-refractivity contribution >= 4 is 5.97 Å². The maximum absolute atomic E-state index is 12.2. The van der Waals surface area contributed by atoms with Crippen LogP contribution in [0.4, 0.5) is 8.78 Å². The van der Waals surface area contributed by atoms with E-state index in [1.165, 1.54) is 18.6 Å². The first-order chi connectivity index (χ1) is 8.58. The van der Waals surface area contributed by atoms with Crippen LogP contribution in [0.2, 0.25) is 0 Å². The van der Waals surface area contributed by atoms with E-state index in [0.29, 0.717) is 11.1 Å². The third-order valence-corrected chi connectivity index (χ3v) is 2.28. The molecule has 1 N–H and O–H groups in total. The zero-order chi connectivity index (χ0) is 13.1. The number of halogens is 2. The smallest absolute Gasteiger partial charge is 0.355 e. The number of hydrogen-bond donors (Lipinski definition) is 1. The van der Waals surface area contributed by atoms with Gasteiger partial charge in [0.15, 0.2) is 5.69 Å².